The molecule has 1 aliphatic heterocycles. The molecule has 1 aromatic heterocycles. The van der Waals surface area contributed by atoms with Gasteiger partial charge in [0.25, 0.3) is 0 Å². The number of rotatable bonds is 3. The van der Waals surface area contributed by atoms with Crippen LogP contribution in [0.1, 0.15) is 24.6 Å². The molecule has 0 aromatic carbocycles. The summed E-state index contributed by atoms with van der Waals surface area (Å²) in [5.41, 5.74) is 1.34. The average Bonchev–Trinajstić information content (AvgIpc) is 2.65. The molecule has 0 bridgehead atoms. The molecule has 90 valence electrons. The van der Waals surface area contributed by atoms with Crippen molar-refractivity contribution in [3.63, 3.8) is 0 Å². The zero-order valence-corrected chi connectivity index (χ0v) is 10.5. The maximum absolute atomic E-state index is 4.29. The van der Waals surface area contributed by atoms with Crippen molar-refractivity contribution in [2.75, 3.05) is 27.2 Å². The van der Waals surface area contributed by atoms with Gasteiger partial charge >= 0.3 is 0 Å². The fraction of sp³-hybridized carbons (Fsp3) is 0.750. The summed E-state index contributed by atoms with van der Waals surface area (Å²) in [5, 5.41) is 7.60. The Hall–Kier alpha value is -0.870. The van der Waals surface area contributed by atoms with Crippen molar-refractivity contribution >= 4 is 0 Å². The van der Waals surface area contributed by atoms with Crippen LogP contribution in [0, 0.1) is 5.92 Å². The van der Waals surface area contributed by atoms with Crippen molar-refractivity contribution in [3.8, 4) is 0 Å². The van der Waals surface area contributed by atoms with Crippen LogP contribution in [0.3, 0.4) is 0 Å². The molecule has 1 aromatic rings. The monoisotopic (exact) mass is 222 g/mol. The summed E-state index contributed by atoms with van der Waals surface area (Å²) < 4.78 is 2.01. The van der Waals surface area contributed by atoms with E-state index in [9.17, 15) is 0 Å². The smallest absolute Gasteiger partial charge is 0.0555 e. The van der Waals surface area contributed by atoms with Crippen molar-refractivity contribution in [1.82, 2.24) is 20.0 Å². The number of likely N-dealkylation sites (tertiary alicyclic amines) is 1. The van der Waals surface area contributed by atoms with E-state index in [4.69, 9.17) is 0 Å². The molecule has 1 saturated heterocycles. The van der Waals surface area contributed by atoms with Gasteiger partial charge in [0.1, 0.15) is 0 Å². The van der Waals surface area contributed by atoms with E-state index in [2.05, 4.69) is 28.4 Å². The first kappa shape index (κ1) is 11.6. The molecule has 1 aliphatic rings. The molecule has 0 unspecified atom stereocenters. The quantitative estimate of drug-likeness (QED) is 0.829. The van der Waals surface area contributed by atoms with E-state index in [-0.39, 0.29) is 0 Å². The fourth-order valence-corrected chi connectivity index (χ4v) is 2.88. The zero-order valence-electron chi connectivity index (χ0n) is 10.5. The number of aryl methyl sites for hydroxylation is 1. The molecule has 2 atom stereocenters. The predicted molar refractivity (Wildman–Crippen MR) is 65.2 cm³/mol. The Morgan fingerprint density at radius 3 is 2.94 bits per heavy atom. The van der Waals surface area contributed by atoms with Crippen LogP contribution in [0.15, 0.2) is 12.3 Å². The zero-order chi connectivity index (χ0) is 11.5. The predicted octanol–water partition coefficient (Wildman–Crippen LogP) is 1.02. The standard InChI is InChI=1S/C12H22N4/c1-13-9-10-5-4-8-15(2)12(10)11-6-7-14-16(11)3/h6-7,10,12-13H,4-5,8-9H2,1-3H3/t10-,12+/m0/s1. The van der Waals surface area contributed by atoms with E-state index in [1.165, 1.54) is 25.1 Å². The lowest BCUT2D eigenvalue weighted by molar-refractivity contribution is 0.114. The Labute approximate surface area is 97.6 Å². The molecule has 2 rings (SSSR count). The van der Waals surface area contributed by atoms with Gasteiger partial charge in [-0.3, -0.25) is 9.58 Å². The fourth-order valence-electron chi connectivity index (χ4n) is 2.88. The van der Waals surface area contributed by atoms with Crippen molar-refractivity contribution < 1.29 is 0 Å². The number of nitrogens with one attached hydrogen (secondary N) is 1. The Kier molecular flexibility index (Phi) is 3.61. The van der Waals surface area contributed by atoms with E-state index in [1.807, 2.05) is 25.0 Å². The van der Waals surface area contributed by atoms with Gasteiger partial charge in [0.15, 0.2) is 0 Å². The highest BCUT2D eigenvalue weighted by Gasteiger charge is 2.31. The summed E-state index contributed by atoms with van der Waals surface area (Å²) in [4.78, 5) is 2.46. The van der Waals surface area contributed by atoms with Gasteiger partial charge in [-0.05, 0) is 52.0 Å². The molecule has 2 heterocycles. The van der Waals surface area contributed by atoms with Crippen LogP contribution < -0.4 is 5.32 Å². The molecule has 1 N–H and O–H groups in total. The minimum Gasteiger partial charge on any atom is -0.319 e. The second kappa shape index (κ2) is 4.97. The number of piperidine rings is 1. The van der Waals surface area contributed by atoms with Crippen LogP contribution in [0.25, 0.3) is 0 Å². The van der Waals surface area contributed by atoms with Gasteiger partial charge in [0.2, 0.25) is 0 Å². The Morgan fingerprint density at radius 2 is 2.31 bits per heavy atom. The number of hydrogen-bond acceptors (Lipinski definition) is 3. The van der Waals surface area contributed by atoms with Crippen LogP contribution in [0.4, 0.5) is 0 Å². The second-order valence-electron chi connectivity index (χ2n) is 4.77. The normalized spacial score (nSPS) is 27.2. The second-order valence-corrected chi connectivity index (χ2v) is 4.77. The molecular weight excluding hydrogens is 200 g/mol. The molecule has 4 heteroatoms. The lowest BCUT2D eigenvalue weighted by atomic mass is 9.87. The van der Waals surface area contributed by atoms with Crippen molar-refractivity contribution in [3.05, 3.63) is 18.0 Å². The minimum atomic E-state index is 0.508. The van der Waals surface area contributed by atoms with Crippen LogP contribution in [0.5, 0.6) is 0 Å². The summed E-state index contributed by atoms with van der Waals surface area (Å²) >= 11 is 0. The van der Waals surface area contributed by atoms with Gasteiger partial charge in [-0.2, -0.15) is 5.10 Å². The molecule has 1 fully saturated rings. The number of aromatic nitrogens is 2. The molecule has 0 radical (unpaired) electrons. The van der Waals surface area contributed by atoms with Gasteiger partial charge < -0.3 is 5.32 Å². The van der Waals surface area contributed by atoms with E-state index in [0.29, 0.717) is 12.0 Å². The average molecular weight is 222 g/mol. The maximum atomic E-state index is 4.29. The molecular formula is C12H22N4. The van der Waals surface area contributed by atoms with Gasteiger partial charge in [0, 0.05) is 13.2 Å². The lowest BCUT2D eigenvalue weighted by Crippen LogP contribution is -2.40. The SMILES string of the molecule is CNC[C@@H]1CCCN(C)[C@H]1c1ccnn1C. The van der Waals surface area contributed by atoms with Gasteiger partial charge in [-0.15, -0.1) is 0 Å². The third kappa shape index (κ3) is 2.13. The highest BCUT2D eigenvalue weighted by molar-refractivity contribution is 5.10. The highest BCUT2D eigenvalue weighted by Crippen LogP contribution is 2.34. The largest absolute Gasteiger partial charge is 0.319 e. The van der Waals surface area contributed by atoms with E-state index in [1.54, 1.807) is 0 Å². The topological polar surface area (TPSA) is 33.1 Å². The van der Waals surface area contributed by atoms with Gasteiger partial charge in [-0.25, -0.2) is 0 Å². The minimum absolute atomic E-state index is 0.508. The molecule has 16 heavy (non-hydrogen) atoms. The summed E-state index contributed by atoms with van der Waals surface area (Å²) in [5.74, 6) is 0.694. The summed E-state index contributed by atoms with van der Waals surface area (Å²) in [6.07, 6.45) is 4.51. The van der Waals surface area contributed by atoms with Crippen LogP contribution in [-0.4, -0.2) is 41.9 Å². The van der Waals surface area contributed by atoms with Crippen molar-refractivity contribution in [2.45, 2.75) is 18.9 Å². The molecule has 0 saturated carbocycles. The van der Waals surface area contributed by atoms with E-state index in [0.717, 1.165) is 6.54 Å². The van der Waals surface area contributed by atoms with Crippen LogP contribution >= 0.6 is 0 Å². The third-order valence-electron chi connectivity index (χ3n) is 3.64. The highest BCUT2D eigenvalue weighted by atomic mass is 15.3. The Balaban J connectivity index is 2.22. The van der Waals surface area contributed by atoms with E-state index >= 15 is 0 Å². The third-order valence-corrected chi connectivity index (χ3v) is 3.64. The van der Waals surface area contributed by atoms with Crippen LogP contribution in [-0.2, 0) is 7.05 Å². The molecule has 0 spiro atoms. The van der Waals surface area contributed by atoms with Crippen molar-refractivity contribution in [1.29, 1.82) is 0 Å². The number of nitrogens with zero attached hydrogens (tertiary/aromatic N) is 3. The molecule has 4 nitrogen and oxygen atoms in total. The van der Waals surface area contributed by atoms with Gasteiger partial charge in [-0.1, -0.05) is 0 Å². The number of hydrogen-bond donors (Lipinski definition) is 1. The Morgan fingerprint density at radius 1 is 1.50 bits per heavy atom. The molecule has 0 aliphatic carbocycles. The maximum Gasteiger partial charge on any atom is 0.0555 e. The van der Waals surface area contributed by atoms with Gasteiger partial charge in [0.05, 0.1) is 11.7 Å². The summed E-state index contributed by atoms with van der Waals surface area (Å²) in [7, 11) is 6.29. The lowest BCUT2D eigenvalue weighted by Gasteiger charge is -2.39. The first-order valence-corrected chi connectivity index (χ1v) is 6.06. The first-order valence-electron chi connectivity index (χ1n) is 6.06. The van der Waals surface area contributed by atoms with Crippen molar-refractivity contribution in [2.24, 2.45) is 13.0 Å². The summed E-state index contributed by atoms with van der Waals surface area (Å²) in [6.45, 7) is 2.27. The van der Waals surface area contributed by atoms with E-state index < -0.39 is 0 Å². The van der Waals surface area contributed by atoms with Crippen LogP contribution in [0.2, 0.25) is 0 Å². The summed E-state index contributed by atoms with van der Waals surface area (Å²) in [6, 6.07) is 2.66. The molecule has 0 amide bonds. The Bertz CT molecular complexity index is 332. The first-order chi connectivity index (χ1) is 7.74.